The minimum absolute atomic E-state index is 0.00145. The Hall–Kier alpha value is -1.17. The summed E-state index contributed by atoms with van der Waals surface area (Å²) >= 11 is 29.3. The van der Waals surface area contributed by atoms with Crippen LogP contribution in [0.4, 0.5) is 5.69 Å². The summed E-state index contributed by atoms with van der Waals surface area (Å²) in [6.45, 7) is 1.23. The van der Waals surface area contributed by atoms with Gasteiger partial charge in [0, 0.05) is 35.6 Å². The molecule has 0 unspecified atom stereocenters. The Morgan fingerprint density at radius 1 is 0.852 bits per heavy atom. The third-order valence-electron chi connectivity index (χ3n) is 3.57. The van der Waals surface area contributed by atoms with Crippen molar-refractivity contribution in [3.63, 3.8) is 0 Å². The number of esters is 2. The molecule has 0 aliphatic rings. The van der Waals surface area contributed by atoms with Crippen LogP contribution in [-0.2, 0) is 4.74 Å². The highest BCUT2D eigenvalue weighted by molar-refractivity contribution is 6.42. The molecule has 9 heteroatoms. The quantitative estimate of drug-likeness (QED) is 0.287. The number of halogens is 5. The van der Waals surface area contributed by atoms with E-state index in [1.54, 1.807) is 24.3 Å². The summed E-state index contributed by atoms with van der Waals surface area (Å²) < 4.78 is 4.87. The Morgan fingerprint density at radius 2 is 1.37 bits per heavy atom. The molecule has 4 nitrogen and oxygen atoms in total. The standard InChI is InChI=1S/C18H14Cl5NO3/c19-5-7-24(8-6-20)13-3-1-11(2-4-13)17(25)27-18(26)16-14(22)9-12(21)10-15(16)23/h1-4,9-10H,5-8H2. The predicted molar refractivity (Wildman–Crippen MR) is 111 cm³/mol. The van der Waals surface area contributed by atoms with Gasteiger partial charge in [-0.1, -0.05) is 34.8 Å². The summed E-state index contributed by atoms with van der Waals surface area (Å²) in [5.74, 6) is -0.896. The first-order chi connectivity index (χ1) is 12.9. The van der Waals surface area contributed by atoms with Gasteiger partial charge in [-0.3, -0.25) is 0 Å². The minimum Gasteiger partial charge on any atom is -0.386 e. The van der Waals surface area contributed by atoms with Crippen LogP contribution in [0.25, 0.3) is 0 Å². The number of hydrogen-bond donors (Lipinski definition) is 0. The van der Waals surface area contributed by atoms with E-state index in [1.807, 2.05) is 4.90 Å². The van der Waals surface area contributed by atoms with Gasteiger partial charge in [-0.05, 0) is 36.4 Å². The third-order valence-corrected chi connectivity index (χ3v) is 4.73. The first-order valence-electron chi connectivity index (χ1n) is 7.75. The molecule has 0 aromatic heterocycles. The number of nitrogens with zero attached hydrogens (tertiary/aromatic N) is 1. The molecule has 0 spiro atoms. The monoisotopic (exact) mass is 467 g/mol. The van der Waals surface area contributed by atoms with E-state index in [9.17, 15) is 9.59 Å². The summed E-state index contributed by atoms with van der Waals surface area (Å²) in [6, 6.07) is 9.22. The number of carbonyl (C=O) groups is 2. The van der Waals surface area contributed by atoms with Crippen molar-refractivity contribution in [3.05, 3.63) is 62.6 Å². The van der Waals surface area contributed by atoms with Crippen LogP contribution in [0.5, 0.6) is 0 Å². The Morgan fingerprint density at radius 3 is 1.85 bits per heavy atom. The third kappa shape index (κ3) is 5.90. The lowest BCUT2D eigenvalue weighted by Gasteiger charge is -2.22. The van der Waals surface area contributed by atoms with Crippen molar-refractivity contribution in [2.24, 2.45) is 0 Å². The molecule has 0 saturated heterocycles. The number of carbonyl (C=O) groups excluding carboxylic acids is 2. The normalized spacial score (nSPS) is 10.6. The van der Waals surface area contributed by atoms with Gasteiger partial charge in [0.05, 0.1) is 21.2 Å². The number of alkyl halides is 2. The number of ether oxygens (including phenoxy) is 1. The second kappa shape index (κ2) is 10.4. The van der Waals surface area contributed by atoms with Crippen LogP contribution < -0.4 is 4.90 Å². The summed E-state index contributed by atoms with van der Waals surface area (Å²) in [6.07, 6.45) is 0. The summed E-state index contributed by atoms with van der Waals surface area (Å²) in [4.78, 5) is 26.5. The van der Waals surface area contributed by atoms with Gasteiger partial charge < -0.3 is 9.64 Å². The van der Waals surface area contributed by atoms with E-state index in [4.69, 9.17) is 62.7 Å². The largest absolute Gasteiger partial charge is 0.386 e. The highest BCUT2D eigenvalue weighted by atomic mass is 35.5. The van der Waals surface area contributed by atoms with Gasteiger partial charge in [-0.15, -0.1) is 23.2 Å². The number of anilines is 1. The van der Waals surface area contributed by atoms with E-state index < -0.39 is 11.9 Å². The van der Waals surface area contributed by atoms with Gasteiger partial charge in [-0.25, -0.2) is 9.59 Å². The molecule has 0 N–H and O–H groups in total. The van der Waals surface area contributed by atoms with Crippen molar-refractivity contribution in [2.45, 2.75) is 0 Å². The smallest absolute Gasteiger partial charge is 0.349 e. The van der Waals surface area contributed by atoms with E-state index in [1.165, 1.54) is 12.1 Å². The van der Waals surface area contributed by atoms with Crippen LogP contribution in [-0.4, -0.2) is 36.8 Å². The highest BCUT2D eigenvalue weighted by Gasteiger charge is 2.21. The summed E-state index contributed by atoms with van der Waals surface area (Å²) in [5, 5.41) is 0.263. The van der Waals surface area contributed by atoms with Crippen molar-refractivity contribution in [1.29, 1.82) is 0 Å². The first kappa shape index (κ1) is 22.1. The Kier molecular flexibility index (Phi) is 8.52. The molecule has 0 aliphatic heterocycles. The first-order valence-corrected chi connectivity index (χ1v) is 9.95. The molecule has 2 aromatic carbocycles. The zero-order valence-electron chi connectivity index (χ0n) is 13.9. The Balaban J connectivity index is 2.13. The SMILES string of the molecule is O=C(OC(=O)c1c(Cl)cc(Cl)cc1Cl)c1ccc(N(CCCl)CCCl)cc1. The van der Waals surface area contributed by atoms with Gasteiger partial charge in [0.15, 0.2) is 0 Å². The maximum absolute atomic E-state index is 12.2. The molecule has 0 saturated carbocycles. The van der Waals surface area contributed by atoms with Crippen molar-refractivity contribution >= 4 is 75.6 Å². The van der Waals surface area contributed by atoms with Crippen LogP contribution in [0.3, 0.4) is 0 Å². The van der Waals surface area contributed by atoms with E-state index >= 15 is 0 Å². The second-order valence-electron chi connectivity index (χ2n) is 5.33. The van der Waals surface area contributed by atoms with Crippen LogP contribution >= 0.6 is 58.0 Å². The zero-order valence-corrected chi connectivity index (χ0v) is 17.6. The number of benzene rings is 2. The maximum atomic E-state index is 12.2. The molecular formula is C18H14Cl5NO3. The molecule has 0 aliphatic carbocycles. The van der Waals surface area contributed by atoms with Crippen LogP contribution in [0.2, 0.25) is 15.1 Å². The van der Waals surface area contributed by atoms with Gasteiger partial charge in [0.25, 0.3) is 0 Å². The average Bonchev–Trinajstić information content (AvgIpc) is 2.60. The van der Waals surface area contributed by atoms with Gasteiger partial charge in [0.2, 0.25) is 0 Å². The molecule has 0 heterocycles. The van der Waals surface area contributed by atoms with E-state index in [0.717, 1.165) is 5.69 Å². The molecule has 0 bridgehead atoms. The maximum Gasteiger partial charge on any atom is 0.349 e. The van der Waals surface area contributed by atoms with E-state index in [-0.39, 0.29) is 26.2 Å². The number of rotatable bonds is 7. The van der Waals surface area contributed by atoms with Crippen LogP contribution in [0, 0.1) is 0 Å². The number of hydrogen-bond acceptors (Lipinski definition) is 4. The van der Waals surface area contributed by atoms with Gasteiger partial charge in [0.1, 0.15) is 0 Å². The minimum atomic E-state index is -0.957. The molecule has 0 atom stereocenters. The fourth-order valence-corrected chi connectivity index (χ4v) is 3.69. The molecule has 144 valence electrons. The Bertz CT molecular complexity index is 797. The average molecular weight is 470 g/mol. The van der Waals surface area contributed by atoms with Gasteiger partial charge in [-0.2, -0.15) is 0 Å². The molecule has 2 rings (SSSR count). The van der Waals surface area contributed by atoms with Crippen LogP contribution in [0.15, 0.2) is 36.4 Å². The van der Waals surface area contributed by atoms with Crippen molar-refractivity contribution in [2.75, 3.05) is 29.7 Å². The van der Waals surface area contributed by atoms with Gasteiger partial charge >= 0.3 is 11.9 Å². The van der Waals surface area contributed by atoms with Crippen molar-refractivity contribution < 1.29 is 14.3 Å². The molecular weight excluding hydrogens is 455 g/mol. The van der Waals surface area contributed by atoms with Crippen molar-refractivity contribution in [3.8, 4) is 0 Å². The summed E-state index contributed by atoms with van der Waals surface area (Å²) in [7, 11) is 0. The molecule has 2 aromatic rings. The zero-order chi connectivity index (χ0) is 20.0. The lowest BCUT2D eigenvalue weighted by Crippen LogP contribution is -2.27. The lowest BCUT2D eigenvalue weighted by molar-refractivity contribution is 0.0398. The lowest BCUT2D eigenvalue weighted by atomic mass is 10.2. The molecule has 0 amide bonds. The molecule has 0 radical (unpaired) electrons. The fourth-order valence-electron chi connectivity index (χ4n) is 2.31. The Labute approximate surface area is 181 Å². The molecule has 27 heavy (non-hydrogen) atoms. The molecule has 0 fully saturated rings. The topological polar surface area (TPSA) is 46.6 Å². The predicted octanol–water partition coefficient (Wildman–Crippen LogP) is 5.93. The van der Waals surface area contributed by atoms with Crippen molar-refractivity contribution in [1.82, 2.24) is 0 Å². The van der Waals surface area contributed by atoms with Crippen LogP contribution in [0.1, 0.15) is 20.7 Å². The van der Waals surface area contributed by atoms with E-state index in [0.29, 0.717) is 24.8 Å². The summed E-state index contributed by atoms with van der Waals surface area (Å²) in [5.41, 5.74) is 0.927. The van der Waals surface area contributed by atoms with E-state index in [2.05, 4.69) is 0 Å². The highest BCUT2D eigenvalue weighted by Crippen LogP contribution is 2.29. The fraction of sp³-hybridized carbons (Fsp3) is 0.222. The second-order valence-corrected chi connectivity index (χ2v) is 7.34.